The lowest BCUT2D eigenvalue weighted by Crippen LogP contribution is -2.76. The predicted octanol–water partition coefficient (Wildman–Crippen LogP) is -0.0615. The SMILES string of the molecule is CCOC(=O)C(COc1ccc(-c2cn(CCCN)[n+](C)c2)cc1)O/N=C(\C(=O)NC1C(=O)N(OS(=O)(=O)O)C1(C)C)c1csc(N)n1. The zero-order chi connectivity index (χ0) is 35.2. The van der Waals surface area contributed by atoms with E-state index in [4.69, 9.17) is 30.3 Å². The highest BCUT2D eigenvalue weighted by Crippen LogP contribution is 2.33. The third-order valence-corrected chi connectivity index (χ3v) is 8.13. The van der Waals surface area contributed by atoms with Crippen LogP contribution in [0.2, 0.25) is 0 Å². The number of nitrogens with two attached hydrogens (primary N) is 2. The number of hydrogen-bond acceptors (Lipinski definition) is 14. The molecule has 0 aliphatic carbocycles. The molecule has 0 radical (unpaired) electrons. The first kappa shape index (κ1) is 36.2. The molecule has 1 aliphatic rings. The van der Waals surface area contributed by atoms with Gasteiger partial charge in [-0.15, -0.1) is 20.3 Å². The van der Waals surface area contributed by atoms with Gasteiger partial charge in [0.05, 0.1) is 30.5 Å². The molecule has 0 spiro atoms. The highest BCUT2D eigenvalue weighted by atomic mass is 32.3. The van der Waals surface area contributed by atoms with Crippen LogP contribution < -0.4 is 26.2 Å². The van der Waals surface area contributed by atoms with Gasteiger partial charge in [-0.25, -0.2) is 9.78 Å². The molecule has 2 atom stereocenters. The van der Waals surface area contributed by atoms with Gasteiger partial charge >= 0.3 is 16.4 Å². The van der Waals surface area contributed by atoms with Crippen molar-refractivity contribution in [2.45, 2.75) is 51.4 Å². The van der Waals surface area contributed by atoms with Crippen molar-refractivity contribution < 1.29 is 50.6 Å². The molecule has 1 aromatic carbocycles. The molecule has 6 N–H and O–H groups in total. The number of benzene rings is 1. The number of anilines is 1. The van der Waals surface area contributed by atoms with Crippen LogP contribution in [0, 0.1) is 0 Å². The van der Waals surface area contributed by atoms with E-state index < -0.39 is 51.6 Å². The third kappa shape index (κ3) is 8.63. The van der Waals surface area contributed by atoms with Crippen LogP contribution >= 0.6 is 11.3 Å². The van der Waals surface area contributed by atoms with Crippen LogP contribution in [0.3, 0.4) is 0 Å². The van der Waals surface area contributed by atoms with Crippen molar-refractivity contribution in [3.8, 4) is 16.9 Å². The van der Waals surface area contributed by atoms with Gasteiger partial charge in [0, 0.05) is 5.38 Å². The number of hydroxylamine groups is 2. The van der Waals surface area contributed by atoms with Crippen molar-refractivity contribution in [3.05, 3.63) is 47.7 Å². The minimum absolute atomic E-state index is 0.0242. The van der Waals surface area contributed by atoms with Gasteiger partial charge in [0.1, 0.15) is 24.1 Å². The number of ether oxygens (including phenoxy) is 2. The molecule has 1 aliphatic heterocycles. The van der Waals surface area contributed by atoms with Gasteiger partial charge in [-0.1, -0.05) is 17.3 Å². The van der Waals surface area contributed by atoms with Gasteiger partial charge in [0.15, 0.2) is 17.9 Å². The van der Waals surface area contributed by atoms with Gasteiger partial charge in [-0.3, -0.25) is 14.1 Å². The molecule has 20 heteroatoms. The number of aryl methyl sites for hydroxylation is 2. The molecule has 0 bridgehead atoms. The number of aromatic nitrogens is 3. The number of esters is 1. The number of rotatable bonds is 16. The second-order valence-corrected chi connectivity index (χ2v) is 12.9. The topological polar surface area (TPSA) is 244 Å². The van der Waals surface area contributed by atoms with Crippen LogP contribution in [-0.4, -0.2) is 88.6 Å². The Hall–Kier alpha value is -4.63. The number of amides is 2. The Morgan fingerprint density at radius 2 is 1.96 bits per heavy atom. The van der Waals surface area contributed by atoms with Crippen molar-refractivity contribution >= 4 is 50.4 Å². The Kier molecular flexibility index (Phi) is 11.4. The lowest BCUT2D eigenvalue weighted by atomic mass is 9.84. The smallest absolute Gasteiger partial charge is 0.418 e. The second-order valence-electron chi connectivity index (χ2n) is 11.0. The van der Waals surface area contributed by atoms with E-state index in [2.05, 4.69) is 24.4 Å². The Morgan fingerprint density at radius 3 is 2.54 bits per heavy atom. The fourth-order valence-corrected chi connectivity index (χ4v) is 5.62. The predicted molar refractivity (Wildman–Crippen MR) is 170 cm³/mol. The third-order valence-electron chi connectivity index (χ3n) is 7.12. The molecule has 3 heterocycles. The zero-order valence-electron chi connectivity index (χ0n) is 26.6. The summed E-state index contributed by atoms with van der Waals surface area (Å²) in [5, 5.41) is 8.20. The molecule has 260 valence electrons. The molecule has 1 saturated heterocycles. The summed E-state index contributed by atoms with van der Waals surface area (Å²) in [7, 11) is -3.06. The van der Waals surface area contributed by atoms with Crippen LogP contribution in [-0.2, 0) is 52.2 Å². The maximum Gasteiger partial charge on any atom is 0.418 e. The Labute approximate surface area is 280 Å². The average Bonchev–Trinajstić information content (AvgIpc) is 3.63. The summed E-state index contributed by atoms with van der Waals surface area (Å²) in [6, 6.07) is 5.86. The molecule has 48 heavy (non-hydrogen) atoms. The fourth-order valence-electron chi connectivity index (χ4n) is 4.61. The number of carbonyl (C=O) groups is 3. The monoisotopic (exact) mass is 709 g/mol. The van der Waals surface area contributed by atoms with Gasteiger partial charge in [-0.05, 0) is 51.4 Å². The number of nitrogen functional groups attached to an aromatic ring is 1. The van der Waals surface area contributed by atoms with Crippen molar-refractivity contribution in [2.24, 2.45) is 17.9 Å². The first-order valence-electron chi connectivity index (χ1n) is 14.6. The minimum Gasteiger partial charge on any atom is -0.489 e. The number of nitrogens with zero attached hydrogens (tertiary/aromatic N) is 5. The molecule has 3 aromatic rings. The molecular weight excluding hydrogens is 672 g/mol. The lowest BCUT2D eigenvalue weighted by molar-refractivity contribution is -0.753. The number of nitrogens with one attached hydrogen (secondary N) is 1. The number of hydrogen-bond donors (Lipinski definition) is 4. The Balaban J connectivity index is 1.49. The molecular formula is C28H37N8O10S2+. The summed E-state index contributed by atoms with van der Waals surface area (Å²) in [4.78, 5) is 48.2. The van der Waals surface area contributed by atoms with Gasteiger partial charge in [-0.2, -0.15) is 18.2 Å². The normalized spacial score (nSPS) is 16.6. The summed E-state index contributed by atoms with van der Waals surface area (Å²) in [5.41, 5.74) is 11.4. The van der Waals surface area contributed by atoms with Gasteiger partial charge in [0.2, 0.25) is 6.20 Å². The van der Waals surface area contributed by atoms with E-state index in [0.29, 0.717) is 17.4 Å². The summed E-state index contributed by atoms with van der Waals surface area (Å²) >= 11 is 0.994. The maximum atomic E-state index is 13.4. The quantitative estimate of drug-likeness (QED) is 0.0381. The first-order chi connectivity index (χ1) is 22.6. The van der Waals surface area contributed by atoms with E-state index in [1.54, 1.807) is 19.1 Å². The molecule has 2 amide bonds. The van der Waals surface area contributed by atoms with Crippen LogP contribution in [0.1, 0.15) is 32.9 Å². The second kappa shape index (κ2) is 15.1. The molecule has 2 unspecified atom stereocenters. The van der Waals surface area contributed by atoms with Gasteiger partial charge < -0.3 is 31.1 Å². The van der Waals surface area contributed by atoms with E-state index in [1.165, 1.54) is 19.2 Å². The summed E-state index contributed by atoms with van der Waals surface area (Å²) in [6.07, 6.45) is 3.42. The van der Waals surface area contributed by atoms with Crippen molar-refractivity contribution in [1.29, 1.82) is 0 Å². The fraction of sp³-hybridized carbons (Fsp3) is 0.429. The molecule has 1 fully saturated rings. The van der Waals surface area contributed by atoms with Crippen molar-refractivity contribution in [1.82, 2.24) is 20.0 Å². The molecule has 0 saturated carbocycles. The Bertz CT molecular complexity index is 1770. The summed E-state index contributed by atoms with van der Waals surface area (Å²) in [5.74, 6) is -2.34. The van der Waals surface area contributed by atoms with Crippen molar-refractivity contribution in [2.75, 3.05) is 25.5 Å². The van der Waals surface area contributed by atoms with E-state index in [-0.39, 0.29) is 24.0 Å². The number of oxime groups is 1. The van der Waals surface area contributed by atoms with Crippen LogP contribution in [0.5, 0.6) is 5.75 Å². The molecule has 18 nitrogen and oxygen atoms in total. The number of thiazole rings is 1. The molecule has 4 rings (SSSR count). The first-order valence-corrected chi connectivity index (χ1v) is 16.8. The van der Waals surface area contributed by atoms with Crippen LogP contribution in [0.25, 0.3) is 11.1 Å². The highest BCUT2D eigenvalue weighted by molar-refractivity contribution is 7.80. The Morgan fingerprint density at radius 1 is 1.25 bits per heavy atom. The standard InChI is InChI=1S/C28H36N8O10S2/c1-5-43-26(39)21(15-44-19-9-7-17(8-10-19)18-13-34(4)35(14-18)12-6-11-29)45-33-22(20-16-47-27(30)31-20)24(37)32-23-25(38)36(28(23,2)3)46-48(40,41)42/h7-10,13-14,16,21,23H,5-6,11-12,15,29H2,1-4H3,(H3-,30,31,32,37,40,41,42)/p+1/b33-22-. The van der Waals surface area contributed by atoms with E-state index in [1.807, 2.05) is 36.3 Å². The highest BCUT2D eigenvalue weighted by Gasteiger charge is 2.58. The lowest BCUT2D eigenvalue weighted by Gasteiger charge is -2.50. The molecule has 2 aromatic heterocycles. The summed E-state index contributed by atoms with van der Waals surface area (Å²) in [6.45, 7) is 5.42. The maximum absolute atomic E-state index is 13.4. The van der Waals surface area contributed by atoms with E-state index >= 15 is 0 Å². The van der Waals surface area contributed by atoms with Crippen LogP contribution in [0.4, 0.5) is 5.13 Å². The van der Waals surface area contributed by atoms with Gasteiger partial charge in [0.25, 0.3) is 17.9 Å². The van der Waals surface area contributed by atoms with E-state index in [0.717, 1.165) is 35.4 Å². The average molecular weight is 710 g/mol. The van der Waals surface area contributed by atoms with Crippen molar-refractivity contribution in [3.63, 3.8) is 0 Å². The largest absolute Gasteiger partial charge is 0.489 e. The number of carbonyl (C=O) groups excluding carboxylic acids is 3. The zero-order valence-corrected chi connectivity index (χ0v) is 28.2. The number of β-lactam (4-membered cyclic amide) rings is 1. The van der Waals surface area contributed by atoms with Crippen LogP contribution in [0.15, 0.2) is 47.2 Å². The minimum atomic E-state index is -5.01. The summed E-state index contributed by atoms with van der Waals surface area (Å²) < 4.78 is 50.5. The van der Waals surface area contributed by atoms with E-state index in [9.17, 15) is 22.8 Å².